The largest absolute Gasteiger partial charge is 0.465 e. The zero-order valence-corrected chi connectivity index (χ0v) is 17.3. The predicted molar refractivity (Wildman–Crippen MR) is 104 cm³/mol. The van der Waals surface area contributed by atoms with Crippen LogP contribution in [0.4, 0.5) is 0 Å². The first-order chi connectivity index (χ1) is 13.8. The standard InChI is InChI=1S/C14H20O4.C7H8O3S/c15-14(9-2-4-11-13(6-9)18-11)16-7-8-1-3-10-12(5-8)17-10;1-6-2-4-7(5-3-6)11(8,9)10/h8-13H,1-7H2;2-5H,1H3,(H,8,9,10). The SMILES string of the molecule is Cc1ccc(S(=O)(=O)O)cc1.O=C(OCC1CCC2OC2C1)C1CCC2OC2C1. The van der Waals surface area contributed by atoms with E-state index in [1.54, 1.807) is 12.1 Å². The first kappa shape index (κ1) is 20.8. The quantitative estimate of drug-likeness (QED) is 0.450. The Balaban J connectivity index is 0.000000161. The summed E-state index contributed by atoms with van der Waals surface area (Å²) in [6.07, 6.45) is 8.03. The first-order valence-corrected chi connectivity index (χ1v) is 11.8. The van der Waals surface area contributed by atoms with Crippen LogP contribution in [-0.4, -0.2) is 50.0 Å². The molecule has 6 atom stereocenters. The van der Waals surface area contributed by atoms with Crippen molar-refractivity contribution in [2.75, 3.05) is 6.61 Å². The molecule has 4 fully saturated rings. The van der Waals surface area contributed by atoms with E-state index in [4.69, 9.17) is 18.8 Å². The second-order valence-corrected chi connectivity index (χ2v) is 9.95. The molecule has 0 radical (unpaired) electrons. The summed E-state index contributed by atoms with van der Waals surface area (Å²) in [6.45, 7) is 2.44. The molecule has 2 saturated heterocycles. The Morgan fingerprint density at radius 3 is 2.21 bits per heavy atom. The molecular formula is C21H28O7S. The number of ether oxygens (including phenoxy) is 3. The van der Waals surface area contributed by atoms with Crippen molar-refractivity contribution in [2.24, 2.45) is 11.8 Å². The highest BCUT2D eigenvalue weighted by molar-refractivity contribution is 7.85. The maximum absolute atomic E-state index is 12.0. The molecule has 6 unspecified atom stereocenters. The van der Waals surface area contributed by atoms with E-state index >= 15 is 0 Å². The van der Waals surface area contributed by atoms with Gasteiger partial charge in [0.05, 0.1) is 41.8 Å². The van der Waals surface area contributed by atoms with Gasteiger partial charge in [-0.1, -0.05) is 17.7 Å². The van der Waals surface area contributed by atoms with Crippen molar-refractivity contribution in [3.8, 4) is 0 Å². The van der Waals surface area contributed by atoms with Gasteiger partial charge in [0.25, 0.3) is 10.1 Å². The van der Waals surface area contributed by atoms with Gasteiger partial charge in [0, 0.05) is 0 Å². The van der Waals surface area contributed by atoms with Crippen LogP contribution >= 0.6 is 0 Å². The van der Waals surface area contributed by atoms with Crippen molar-refractivity contribution in [3.05, 3.63) is 29.8 Å². The number of esters is 1. The van der Waals surface area contributed by atoms with Gasteiger partial charge in [0.15, 0.2) is 0 Å². The summed E-state index contributed by atoms with van der Waals surface area (Å²) in [6, 6.07) is 5.99. The Morgan fingerprint density at radius 1 is 1.00 bits per heavy atom. The number of aryl methyl sites for hydroxylation is 1. The van der Waals surface area contributed by atoms with Gasteiger partial charge in [-0.25, -0.2) is 0 Å². The number of rotatable bonds is 4. The smallest absolute Gasteiger partial charge is 0.309 e. The Hall–Kier alpha value is -1.48. The molecule has 160 valence electrons. The van der Waals surface area contributed by atoms with Gasteiger partial charge in [-0.2, -0.15) is 8.42 Å². The Labute approximate surface area is 171 Å². The third-order valence-electron chi connectivity index (χ3n) is 6.23. The van der Waals surface area contributed by atoms with Crippen LogP contribution in [0.25, 0.3) is 0 Å². The molecule has 0 spiro atoms. The molecule has 8 heteroatoms. The van der Waals surface area contributed by atoms with Gasteiger partial charge in [0.2, 0.25) is 0 Å². The van der Waals surface area contributed by atoms with Crippen LogP contribution < -0.4 is 0 Å². The highest BCUT2D eigenvalue weighted by Crippen LogP contribution is 2.41. The van der Waals surface area contributed by atoms with Gasteiger partial charge in [0.1, 0.15) is 0 Å². The zero-order chi connectivity index (χ0) is 20.6. The average molecular weight is 425 g/mol. The molecule has 1 N–H and O–H groups in total. The van der Waals surface area contributed by atoms with E-state index in [0.717, 1.165) is 44.1 Å². The number of epoxide rings is 2. The molecule has 0 amide bonds. The third-order valence-corrected chi connectivity index (χ3v) is 7.10. The fourth-order valence-corrected chi connectivity index (χ4v) is 4.76. The summed E-state index contributed by atoms with van der Waals surface area (Å²) < 4.78 is 46.0. The van der Waals surface area contributed by atoms with Crippen LogP contribution in [0.2, 0.25) is 0 Å². The summed E-state index contributed by atoms with van der Waals surface area (Å²) in [7, 11) is -4.02. The summed E-state index contributed by atoms with van der Waals surface area (Å²) >= 11 is 0. The first-order valence-electron chi connectivity index (χ1n) is 10.3. The van der Waals surface area contributed by atoms with Crippen LogP contribution in [0, 0.1) is 18.8 Å². The van der Waals surface area contributed by atoms with Gasteiger partial charge >= 0.3 is 5.97 Å². The second-order valence-electron chi connectivity index (χ2n) is 8.53. The molecule has 5 rings (SSSR count). The molecular weight excluding hydrogens is 396 g/mol. The summed E-state index contributed by atoms with van der Waals surface area (Å²) in [5, 5.41) is 0. The molecule has 2 saturated carbocycles. The topological polar surface area (TPSA) is 106 Å². The number of hydrogen-bond acceptors (Lipinski definition) is 6. The molecule has 2 aliphatic heterocycles. The van der Waals surface area contributed by atoms with Crippen molar-refractivity contribution in [1.82, 2.24) is 0 Å². The normalized spacial score (nSPS) is 34.7. The Morgan fingerprint density at radius 2 is 1.62 bits per heavy atom. The maximum Gasteiger partial charge on any atom is 0.309 e. The van der Waals surface area contributed by atoms with Crippen LogP contribution in [0.3, 0.4) is 0 Å². The summed E-state index contributed by atoms with van der Waals surface area (Å²) in [4.78, 5) is 11.9. The molecule has 0 aromatic heterocycles. The van der Waals surface area contributed by atoms with Gasteiger partial charge in [-0.05, 0) is 63.5 Å². The molecule has 1 aromatic rings. The van der Waals surface area contributed by atoms with E-state index in [-0.39, 0.29) is 16.8 Å². The lowest BCUT2D eigenvalue weighted by molar-refractivity contribution is -0.151. The number of benzene rings is 1. The minimum atomic E-state index is -4.02. The van der Waals surface area contributed by atoms with Crippen molar-refractivity contribution in [1.29, 1.82) is 0 Å². The Bertz CT molecular complexity index is 835. The molecule has 0 bridgehead atoms. The van der Waals surface area contributed by atoms with E-state index in [9.17, 15) is 13.2 Å². The monoisotopic (exact) mass is 424 g/mol. The van der Waals surface area contributed by atoms with E-state index < -0.39 is 10.1 Å². The molecule has 2 aliphatic carbocycles. The number of hydrogen-bond donors (Lipinski definition) is 1. The van der Waals surface area contributed by atoms with Gasteiger partial charge in [-0.15, -0.1) is 0 Å². The lowest BCUT2D eigenvalue weighted by Gasteiger charge is -2.21. The second kappa shape index (κ2) is 8.34. The fourth-order valence-electron chi connectivity index (χ4n) is 4.28. The Kier molecular flexibility index (Phi) is 5.97. The third kappa shape index (κ3) is 5.57. The zero-order valence-electron chi connectivity index (χ0n) is 16.5. The minimum absolute atomic E-state index is 0.00258. The van der Waals surface area contributed by atoms with Crippen LogP contribution in [0.5, 0.6) is 0 Å². The molecule has 1 aromatic carbocycles. The van der Waals surface area contributed by atoms with Gasteiger partial charge in [-0.3, -0.25) is 9.35 Å². The number of carbonyl (C=O) groups is 1. The molecule has 7 nitrogen and oxygen atoms in total. The number of fused-ring (bicyclic) bond motifs is 2. The number of carbonyl (C=O) groups excluding carboxylic acids is 1. The van der Waals surface area contributed by atoms with Crippen LogP contribution in [0.1, 0.15) is 44.1 Å². The van der Waals surface area contributed by atoms with Crippen molar-refractivity contribution in [2.45, 2.75) is 74.8 Å². The van der Waals surface area contributed by atoms with Crippen molar-refractivity contribution in [3.63, 3.8) is 0 Å². The summed E-state index contributed by atoms with van der Waals surface area (Å²) in [5.74, 6) is 0.608. The van der Waals surface area contributed by atoms with E-state index in [0.29, 0.717) is 36.9 Å². The van der Waals surface area contributed by atoms with E-state index in [1.165, 1.54) is 12.1 Å². The molecule has 2 heterocycles. The molecule has 29 heavy (non-hydrogen) atoms. The lowest BCUT2D eigenvalue weighted by atomic mass is 9.89. The molecule has 4 aliphatic rings. The minimum Gasteiger partial charge on any atom is -0.465 e. The van der Waals surface area contributed by atoms with Crippen molar-refractivity contribution < 1.29 is 32.0 Å². The highest BCUT2D eigenvalue weighted by atomic mass is 32.2. The fraction of sp³-hybridized carbons (Fsp3) is 0.667. The summed E-state index contributed by atoms with van der Waals surface area (Å²) in [5.41, 5.74) is 0.956. The van der Waals surface area contributed by atoms with Crippen molar-refractivity contribution >= 4 is 16.1 Å². The highest BCUT2D eigenvalue weighted by Gasteiger charge is 2.47. The predicted octanol–water partition coefficient (Wildman–Crippen LogP) is 2.91. The van der Waals surface area contributed by atoms with E-state index in [2.05, 4.69) is 0 Å². The van der Waals surface area contributed by atoms with Gasteiger partial charge < -0.3 is 14.2 Å². The van der Waals surface area contributed by atoms with Crippen LogP contribution in [-0.2, 0) is 29.1 Å². The van der Waals surface area contributed by atoms with Crippen LogP contribution in [0.15, 0.2) is 29.2 Å². The lowest BCUT2D eigenvalue weighted by Crippen LogP contribution is -2.27. The maximum atomic E-state index is 12.0. The van der Waals surface area contributed by atoms with E-state index in [1.807, 2.05) is 6.92 Å². The average Bonchev–Trinajstić information content (AvgIpc) is 3.59.